The van der Waals surface area contributed by atoms with Gasteiger partial charge >= 0.3 is 0 Å². The minimum absolute atomic E-state index is 0.0688. The number of nitrogens with zero attached hydrogens (tertiary/aromatic N) is 1. The van der Waals surface area contributed by atoms with Gasteiger partial charge in [0.15, 0.2) is 5.78 Å². The van der Waals surface area contributed by atoms with Gasteiger partial charge in [-0.1, -0.05) is 29.8 Å². The Morgan fingerprint density at radius 3 is 2.57 bits per heavy atom. The van der Waals surface area contributed by atoms with Gasteiger partial charge in [-0.05, 0) is 49.4 Å². The molecule has 4 rings (SSSR count). The van der Waals surface area contributed by atoms with Crippen LogP contribution in [0, 0.1) is 0 Å². The molecule has 5 nitrogen and oxygen atoms in total. The van der Waals surface area contributed by atoms with E-state index in [1.165, 1.54) is 0 Å². The second kappa shape index (κ2) is 8.59. The van der Waals surface area contributed by atoms with Gasteiger partial charge in [0.2, 0.25) is 5.91 Å². The number of furan rings is 1. The molecule has 0 spiro atoms. The lowest BCUT2D eigenvalue weighted by atomic mass is 10.0. The number of fused-ring (bicyclic) bond motifs is 1. The van der Waals surface area contributed by atoms with Gasteiger partial charge in [-0.3, -0.25) is 9.59 Å². The number of rotatable bonds is 7. The lowest BCUT2D eigenvalue weighted by molar-refractivity contribution is -0.122. The van der Waals surface area contributed by atoms with Gasteiger partial charge in [-0.25, -0.2) is 0 Å². The van der Waals surface area contributed by atoms with Crippen LogP contribution in [-0.4, -0.2) is 22.3 Å². The molecule has 2 aromatic heterocycles. The smallest absolute Gasteiger partial charge is 0.240 e. The van der Waals surface area contributed by atoms with Crippen LogP contribution in [0.25, 0.3) is 10.9 Å². The van der Waals surface area contributed by atoms with E-state index in [0.717, 1.165) is 16.7 Å². The number of ketones is 1. The normalized spacial score (nSPS) is 12.1. The minimum atomic E-state index is -0.125. The molecule has 1 amide bonds. The predicted octanol–water partition coefficient (Wildman–Crippen LogP) is 4.87. The number of hydrogen-bond donors (Lipinski definition) is 1. The predicted molar refractivity (Wildman–Crippen MR) is 117 cm³/mol. The first-order chi connectivity index (χ1) is 14.5. The van der Waals surface area contributed by atoms with Crippen molar-refractivity contribution in [2.75, 3.05) is 0 Å². The van der Waals surface area contributed by atoms with Gasteiger partial charge in [0.05, 0.1) is 6.26 Å². The number of halogens is 1. The number of aromatic nitrogens is 1. The molecule has 4 aromatic rings. The van der Waals surface area contributed by atoms with Crippen LogP contribution < -0.4 is 5.32 Å². The second-order valence-electron chi connectivity index (χ2n) is 7.28. The Labute approximate surface area is 179 Å². The van der Waals surface area contributed by atoms with E-state index >= 15 is 0 Å². The molecule has 0 aliphatic rings. The molecule has 1 atom stereocenters. The average molecular weight is 421 g/mol. The van der Waals surface area contributed by atoms with Crippen molar-refractivity contribution < 1.29 is 14.0 Å². The first-order valence-corrected chi connectivity index (χ1v) is 10.1. The number of para-hydroxylation sites is 1. The SMILES string of the molecule is CC(Cc1ccco1)NC(=O)Cn1cc(C(=O)c2ccc(Cl)cc2)c2ccccc21. The molecule has 0 saturated carbocycles. The molecule has 30 heavy (non-hydrogen) atoms. The molecule has 152 valence electrons. The van der Waals surface area contributed by atoms with Crippen LogP contribution >= 0.6 is 11.6 Å². The van der Waals surface area contributed by atoms with E-state index in [2.05, 4.69) is 5.32 Å². The highest BCUT2D eigenvalue weighted by Gasteiger charge is 2.18. The Balaban J connectivity index is 1.55. The molecular weight excluding hydrogens is 400 g/mol. The lowest BCUT2D eigenvalue weighted by Gasteiger charge is -2.13. The molecule has 2 aromatic carbocycles. The summed E-state index contributed by atoms with van der Waals surface area (Å²) in [4.78, 5) is 25.7. The molecule has 0 fully saturated rings. The summed E-state index contributed by atoms with van der Waals surface area (Å²) in [5.41, 5.74) is 1.95. The topological polar surface area (TPSA) is 64.2 Å². The van der Waals surface area contributed by atoms with E-state index in [-0.39, 0.29) is 24.3 Å². The Kier molecular flexibility index (Phi) is 5.72. The Morgan fingerprint density at radius 2 is 1.83 bits per heavy atom. The molecule has 0 saturated heterocycles. The number of nitrogens with one attached hydrogen (secondary N) is 1. The Hall–Kier alpha value is -3.31. The first-order valence-electron chi connectivity index (χ1n) is 9.71. The Morgan fingerprint density at radius 1 is 1.07 bits per heavy atom. The number of amides is 1. The van der Waals surface area contributed by atoms with Crippen LogP contribution in [0.3, 0.4) is 0 Å². The van der Waals surface area contributed by atoms with Crippen LogP contribution in [0.2, 0.25) is 5.02 Å². The summed E-state index contributed by atoms with van der Waals surface area (Å²) in [6.45, 7) is 2.06. The van der Waals surface area contributed by atoms with Gasteiger partial charge < -0.3 is 14.3 Å². The van der Waals surface area contributed by atoms with Crippen molar-refractivity contribution >= 4 is 34.2 Å². The molecule has 0 radical (unpaired) electrons. The van der Waals surface area contributed by atoms with Gasteiger partial charge in [0.25, 0.3) is 0 Å². The third kappa shape index (κ3) is 4.31. The highest BCUT2D eigenvalue weighted by Crippen LogP contribution is 2.24. The van der Waals surface area contributed by atoms with Crippen LogP contribution in [0.5, 0.6) is 0 Å². The van der Waals surface area contributed by atoms with Crippen molar-refractivity contribution in [2.24, 2.45) is 0 Å². The fourth-order valence-corrected chi connectivity index (χ4v) is 3.70. The van der Waals surface area contributed by atoms with Gasteiger partial charge in [0, 0.05) is 45.7 Å². The molecule has 0 aliphatic heterocycles. The number of carbonyl (C=O) groups excluding carboxylic acids is 2. The van der Waals surface area contributed by atoms with Crippen molar-refractivity contribution in [1.29, 1.82) is 0 Å². The summed E-state index contributed by atoms with van der Waals surface area (Å²) >= 11 is 5.94. The van der Waals surface area contributed by atoms with Crippen LogP contribution in [0.15, 0.2) is 77.5 Å². The summed E-state index contributed by atoms with van der Waals surface area (Å²) in [6.07, 6.45) is 3.99. The summed E-state index contributed by atoms with van der Waals surface area (Å²) in [6, 6.07) is 18.0. The molecule has 2 heterocycles. The number of benzene rings is 2. The summed E-state index contributed by atoms with van der Waals surface area (Å²) in [5.74, 6) is 0.596. The van der Waals surface area contributed by atoms with Crippen molar-refractivity contribution in [2.45, 2.75) is 25.9 Å². The van der Waals surface area contributed by atoms with Crippen molar-refractivity contribution in [3.8, 4) is 0 Å². The highest BCUT2D eigenvalue weighted by molar-refractivity contribution is 6.30. The van der Waals surface area contributed by atoms with E-state index < -0.39 is 0 Å². The first kappa shape index (κ1) is 20.0. The Bertz CT molecular complexity index is 1180. The summed E-state index contributed by atoms with van der Waals surface area (Å²) in [7, 11) is 0. The fraction of sp³-hybridized carbons (Fsp3) is 0.167. The van der Waals surface area contributed by atoms with Crippen molar-refractivity contribution in [3.05, 3.63) is 95.0 Å². The minimum Gasteiger partial charge on any atom is -0.469 e. The van der Waals surface area contributed by atoms with Crippen molar-refractivity contribution in [1.82, 2.24) is 9.88 Å². The van der Waals surface area contributed by atoms with E-state index in [4.69, 9.17) is 16.0 Å². The van der Waals surface area contributed by atoms with Crippen molar-refractivity contribution in [3.63, 3.8) is 0 Å². The third-order valence-electron chi connectivity index (χ3n) is 4.95. The quantitative estimate of drug-likeness (QED) is 0.434. The number of hydrogen-bond acceptors (Lipinski definition) is 3. The highest BCUT2D eigenvalue weighted by atomic mass is 35.5. The zero-order valence-electron chi connectivity index (χ0n) is 16.5. The zero-order valence-corrected chi connectivity index (χ0v) is 17.2. The lowest BCUT2D eigenvalue weighted by Crippen LogP contribution is -2.36. The average Bonchev–Trinajstić information content (AvgIpc) is 3.36. The molecule has 1 unspecified atom stereocenters. The zero-order chi connectivity index (χ0) is 21.1. The molecule has 6 heteroatoms. The van der Waals surface area contributed by atoms with Crippen LogP contribution in [0.1, 0.15) is 28.6 Å². The molecule has 0 bridgehead atoms. The maximum atomic E-state index is 13.1. The molecule has 0 aliphatic carbocycles. The monoisotopic (exact) mass is 420 g/mol. The van der Waals surface area contributed by atoms with Gasteiger partial charge in [-0.15, -0.1) is 0 Å². The van der Waals surface area contributed by atoms with Crippen LogP contribution in [0.4, 0.5) is 0 Å². The maximum absolute atomic E-state index is 13.1. The largest absolute Gasteiger partial charge is 0.469 e. The van der Waals surface area contributed by atoms with Gasteiger partial charge in [-0.2, -0.15) is 0 Å². The van der Waals surface area contributed by atoms with E-state index in [1.54, 1.807) is 36.7 Å². The molecular formula is C24H21ClN2O3. The number of carbonyl (C=O) groups is 2. The molecule has 1 N–H and O–H groups in total. The summed E-state index contributed by atoms with van der Waals surface area (Å²) < 4.78 is 7.15. The maximum Gasteiger partial charge on any atom is 0.240 e. The summed E-state index contributed by atoms with van der Waals surface area (Å²) in [5, 5.41) is 4.38. The fourth-order valence-electron chi connectivity index (χ4n) is 3.57. The van der Waals surface area contributed by atoms with Gasteiger partial charge in [0.1, 0.15) is 12.3 Å². The van der Waals surface area contributed by atoms with E-state index in [1.807, 2.05) is 47.9 Å². The van der Waals surface area contributed by atoms with E-state index in [9.17, 15) is 9.59 Å². The second-order valence-corrected chi connectivity index (χ2v) is 7.71. The standard InChI is InChI=1S/C24H21ClN2O3/c1-16(13-19-5-4-12-30-19)26-23(28)15-27-14-21(20-6-2-3-7-22(20)27)24(29)17-8-10-18(25)11-9-17/h2-12,14,16H,13,15H2,1H3,(H,26,28). The van der Waals surface area contributed by atoms with Crippen LogP contribution in [-0.2, 0) is 17.8 Å². The van der Waals surface area contributed by atoms with E-state index in [0.29, 0.717) is 22.6 Å². The third-order valence-corrected chi connectivity index (χ3v) is 5.20.